The summed E-state index contributed by atoms with van der Waals surface area (Å²) in [7, 11) is 0. The fourth-order valence-corrected chi connectivity index (χ4v) is 1.62. The summed E-state index contributed by atoms with van der Waals surface area (Å²) in [5, 5.41) is 15.0. The number of carboxylic acids is 1. The van der Waals surface area contributed by atoms with Crippen molar-refractivity contribution in [3.05, 3.63) is 35.9 Å². The fraction of sp³-hybridized carbons (Fsp3) is 0.364. The van der Waals surface area contributed by atoms with E-state index in [4.69, 9.17) is 26.8 Å². The topological polar surface area (TPSA) is 60.8 Å². The highest BCUT2D eigenvalue weighted by Crippen LogP contribution is 2.18. The lowest BCUT2D eigenvalue weighted by atomic mass is 10.2. The molecule has 0 aliphatic heterocycles. The van der Waals surface area contributed by atoms with Crippen LogP contribution in [0.15, 0.2) is 30.3 Å². The second-order valence-corrected chi connectivity index (χ2v) is 4.54. The van der Waals surface area contributed by atoms with Gasteiger partial charge in [-0.25, -0.2) is 4.79 Å². The molecule has 1 rings (SSSR count). The number of benzene rings is 1. The Labute approximate surface area is 110 Å². The van der Waals surface area contributed by atoms with Gasteiger partial charge < -0.3 is 10.2 Å². The monoisotopic (exact) mass is 277 g/mol. The molecule has 0 amide bonds. The Hall–Kier alpha value is -0.750. The second kappa shape index (κ2) is 10.4. The van der Waals surface area contributed by atoms with Gasteiger partial charge in [0, 0.05) is 12.3 Å². The highest BCUT2D eigenvalue weighted by molar-refractivity contribution is 7.97. The third kappa shape index (κ3) is 10.1. The van der Waals surface area contributed by atoms with E-state index in [2.05, 4.69) is 12.1 Å². The van der Waals surface area contributed by atoms with Crippen LogP contribution >= 0.6 is 23.7 Å². The molecule has 0 bridgehead atoms. The first kappa shape index (κ1) is 16.2. The summed E-state index contributed by atoms with van der Waals surface area (Å²) in [6.45, 7) is 2.12. The average molecular weight is 278 g/mol. The van der Waals surface area contributed by atoms with Crippen molar-refractivity contribution in [3.8, 4) is 0 Å². The normalized spacial score (nSPS) is 9.65. The molecule has 0 aliphatic rings. The van der Waals surface area contributed by atoms with Crippen molar-refractivity contribution in [2.75, 3.05) is 13.2 Å². The molecule has 0 fully saturated rings. The number of hydrogen-bond donors (Lipinski definition) is 2. The molecule has 1 aromatic rings. The average Bonchev–Trinajstić information content (AvgIpc) is 2.37. The Morgan fingerprint density at radius 3 is 2.35 bits per heavy atom. The van der Waals surface area contributed by atoms with Crippen LogP contribution in [0, 0.1) is 0 Å². The molecule has 0 aliphatic carbocycles. The van der Waals surface area contributed by atoms with E-state index in [-0.39, 0.29) is 0 Å². The van der Waals surface area contributed by atoms with Crippen molar-refractivity contribution >= 4 is 29.7 Å². The van der Waals surface area contributed by atoms with Crippen molar-refractivity contribution in [1.82, 2.24) is 3.82 Å². The smallest absolute Gasteiger partial charge is 0.329 e. The van der Waals surface area contributed by atoms with E-state index in [1.807, 2.05) is 25.1 Å². The van der Waals surface area contributed by atoms with Crippen LogP contribution in [0.25, 0.3) is 0 Å². The number of rotatable bonds is 5. The number of carbonyl (C=O) groups is 1. The van der Waals surface area contributed by atoms with E-state index in [1.165, 1.54) is 5.56 Å². The number of carboxylic acid groups (broad SMARTS) is 1. The summed E-state index contributed by atoms with van der Waals surface area (Å²) in [4.78, 5) is 9.12. The van der Waals surface area contributed by atoms with Crippen LogP contribution in [-0.4, -0.2) is 33.2 Å². The Bertz CT molecular complexity index is 311. The van der Waals surface area contributed by atoms with Gasteiger partial charge in [0.1, 0.15) is 6.61 Å². The van der Waals surface area contributed by atoms with Crippen LogP contribution in [0.2, 0.25) is 0 Å². The molecular formula is C11H16ClNO3S. The summed E-state index contributed by atoms with van der Waals surface area (Å²) in [5.41, 5.74) is 1.31. The zero-order valence-electron chi connectivity index (χ0n) is 9.54. The highest BCUT2D eigenvalue weighted by atomic mass is 35.5. The van der Waals surface area contributed by atoms with Crippen molar-refractivity contribution < 1.29 is 15.0 Å². The largest absolute Gasteiger partial charge is 0.480 e. The van der Waals surface area contributed by atoms with E-state index < -0.39 is 12.6 Å². The maximum absolute atomic E-state index is 9.12. The van der Waals surface area contributed by atoms with Gasteiger partial charge in [0.25, 0.3) is 0 Å². The first-order chi connectivity index (χ1) is 8.10. The van der Waals surface area contributed by atoms with Gasteiger partial charge >= 0.3 is 5.97 Å². The minimum Gasteiger partial charge on any atom is -0.480 e. The van der Waals surface area contributed by atoms with E-state index in [0.717, 1.165) is 12.3 Å². The van der Waals surface area contributed by atoms with Crippen molar-refractivity contribution in [2.45, 2.75) is 12.7 Å². The molecule has 96 valence electrons. The summed E-state index contributed by atoms with van der Waals surface area (Å²) in [5.74, 6) is -0.247. The molecule has 2 N–H and O–H groups in total. The van der Waals surface area contributed by atoms with Gasteiger partial charge in [0.05, 0.1) is 0 Å². The molecule has 0 unspecified atom stereocenters. The van der Waals surface area contributed by atoms with Crippen molar-refractivity contribution in [3.63, 3.8) is 0 Å². The molecule has 0 aromatic heterocycles. The minimum atomic E-state index is -1.19. The highest BCUT2D eigenvalue weighted by Gasteiger charge is 1.97. The Balaban J connectivity index is 0.000000437. The maximum Gasteiger partial charge on any atom is 0.329 e. The maximum atomic E-state index is 9.12. The standard InChI is InChI=1S/C9H12ClNS.C2H4O3/c1-2-11(10)12-8-9-6-4-3-5-7-9;3-1-2(4)5/h3-7H,2,8H2,1H3;3H,1H2,(H,4,5). The van der Waals surface area contributed by atoms with Gasteiger partial charge in [0.2, 0.25) is 0 Å². The quantitative estimate of drug-likeness (QED) is 0.639. The van der Waals surface area contributed by atoms with Gasteiger partial charge in [-0.05, 0) is 17.3 Å². The third-order valence-electron chi connectivity index (χ3n) is 1.60. The SMILES string of the molecule is CCN(Cl)SCc1ccccc1.O=C(O)CO. The summed E-state index contributed by atoms with van der Waals surface area (Å²) in [6.07, 6.45) is 0. The predicted molar refractivity (Wildman–Crippen MR) is 70.7 cm³/mol. The molecule has 1 aromatic carbocycles. The molecular weight excluding hydrogens is 262 g/mol. The summed E-state index contributed by atoms with van der Waals surface area (Å²) in [6, 6.07) is 10.3. The van der Waals surface area contributed by atoms with Crippen LogP contribution in [0.4, 0.5) is 0 Å². The lowest BCUT2D eigenvalue weighted by Gasteiger charge is -2.08. The van der Waals surface area contributed by atoms with Crippen LogP contribution < -0.4 is 0 Å². The van der Waals surface area contributed by atoms with Gasteiger partial charge in [-0.15, -0.1) is 0 Å². The van der Waals surface area contributed by atoms with Crippen molar-refractivity contribution in [2.24, 2.45) is 0 Å². The van der Waals surface area contributed by atoms with E-state index >= 15 is 0 Å². The van der Waals surface area contributed by atoms with Crippen LogP contribution in [0.3, 0.4) is 0 Å². The van der Waals surface area contributed by atoms with E-state index in [1.54, 1.807) is 15.8 Å². The fourth-order valence-electron chi connectivity index (χ4n) is 0.810. The predicted octanol–water partition coefficient (Wildman–Crippen LogP) is 2.37. The lowest BCUT2D eigenvalue weighted by Crippen LogP contribution is -2.00. The molecule has 0 saturated heterocycles. The Morgan fingerprint density at radius 2 is 1.94 bits per heavy atom. The number of aliphatic carboxylic acids is 1. The molecule has 0 atom stereocenters. The lowest BCUT2D eigenvalue weighted by molar-refractivity contribution is -0.140. The Morgan fingerprint density at radius 1 is 1.41 bits per heavy atom. The zero-order chi connectivity index (χ0) is 13.1. The van der Waals surface area contributed by atoms with Gasteiger partial charge in [0.15, 0.2) is 0 Å². The molecule has 17 heavy (non-hydrogen) atoms. The zero-order valence-corrected chi connectivity index (χ0v) is 11.1. The van der Waals surface area contributed by atoms with Gasteiger partial charge in [-0.2, -0.15) is 3.82 Å². The third-order valence-corrected chi connectivity index (χ3v) is 3.13. The van der Waals surface area contributed by atoms with Crippen LogP contribution in [0.5, 0.6) is 0 Å². The first-order valence-corrected chi connectivity index (χ1v) is 6.31. The van der Waals surface area contributed by atoms with Crippen molar-refractivity contribution in [1.29, 1.82) is 0 Å². The number of nitrogens with zero attached hydrogens (tertiary/aromatic N) is 1. The van der Waals surface area contributed by atoms with E-state index in [0.29, 0.717) is 0 Å². The molecule has 0 spiro atoms. The van der Waals surface area contributed by atoms with E-state index in [9.17, 15) is 0 Å². The van der Waals surface area contributed by atoms with Crippen LogP contribution in [0.1, 0.15) is 12.5 Å². The first-order valence-electron chi connectivity index (χ1n) is 5.03. The van der Waals surface area contributed by atoms with Gasteiger partial charge in [-0.1, -0.05) is 49.2 Å². The van der Waals surface area contributed by atoms with Crippen LogP contribution in [-0.2, 0) is 10.5 Å². The molecule has 6 heteroatoms. The number of aliphatic hydroxyl groups excluding tert-OH is 1. The number of halogens is 1. The molecule has 0 heterocycles. The summed E-state index contributed by atoms with van der Waals surface area (Å²) < 4.78 is 1.72. The summed E-state index contributed by atoms with van der Waals surface area (Å²) >= 11 is 7.44. The van der Waals surface area contributed by atoms with Gasteiger partial charge in [-0.3, -0.25) is 0 Å². The Kier molecular flexibility index (Phi) is 9.95. The molecule has 0 saturated carbocycles. The molecule has 4 nitrogen and oxygen atoms in total. The minimum absolute atomic E-state index is 0.778. The number of hydrogen-bond acceptors (Lipinski definition) is 4. The molecule has 0 radical (unpaired) electrons. The second-order valence-electron chi connectivity index (χ2n) is 2.94. The number of aliphatic hydroxyl groups is 1.